The van der Waals surface area contributed by atoms with Crippen molar-refractivity contribution in [3.63, 3.8) is 0 Å². The first-order chi connectivity index (χ1) is 9.24. The van der Waals surface area contributed by atoms with Crippen LogP contribution in [-0.2, 0) is 6.54 Å². The molecule has 19 heavy (non-hydrogen) atoms. The molecule has 0 fully saturated rings. The fourth-order valence-electron chi connectivity index (χ4n) is 1.93. The summed E-state index contributed by atoms with van der Waals surface area (Å²) in [6.07, 6.45) is 0. The van der Waals surface area contributed by atoms with Gasteiger partial charge in [-0.2, -0.15) is 0 Å². The van der Waals surface area contributed by atoms with Crippen molar-refractivity contribution in [1.82, 2.24) is 4.90 Å². The number of benzene rings is 2. The highest BCUT2D eigenvalue weighted by Crippen LogP contribution is 2.11. The highest BCUT2D eigenvalue weighted by Gasteiger charge is 2.00. The summed E-state index contributed by atoms with van der Waals surface area (Å²) in [5, 5.41) is 0. The first kappa shape index (κ1) is 13.6. The normalized spacial score (nSPS) is 10.7. The predicted molar refractivity (Wildman–Crippen MR) is 79.5 cm³/mol. The van der Waals surface area contributed by atoms with Gasteiger partial charge in [0, 0.05) is 13.1 Å². The molecule has 0 aromatic heterocycles. The molecule has 0 saturated heterocycles. The van der Waals surface area contributed by atoms with Crippen molar-refractivity contribution in [3.8, 4) is 5.75 Å². The van der Waals surface area contributed by atoms with E-state index in [2.05, 4.69) is 55.3 Å². The molecule has 0 aliphatic carbocycles. The Morgan fingerprint density at radius 2 is 1.63 bits per heavy atom. The van der Waals surface area contributed by atoms with E-state index in [4.69, 9.17) is 4.74 Å². The molecule has 0 amide bonds. The molecule has 0 N–H and O–H groups in total. The standard InChI is InChI=1S/C17H21NO/c1-15-8-10-17(11-9-15)19-13-12-18(2)14-16-6-4-3-5-7-16/h3-11H,12-14H2,1-2H3. The molecule has 0 spiro atoms. The van der Waals surface area contributed by atoms with Crippen LogP contribution < -0.4 is 4.74 Å². The van der Waals surface area contributed by atoms with E-state index in [1.807, 2.05) is 18.2 Å². The summed E-state index contributed by atoms with van der Waals surface area (Å²) in [6, 6.07) is 18.7. The van der Waals surface area contributed by atoms with Crippen molar-refractivity contribution in [2.45, 2.75) is 13.5 Å². The Labute approximate surface area is 115 Å². The summed E-state index contributed by atoms with van der Waals surface area (Å²) in [6.45, 7) is 4.67. The molecule has 0 bridgehead atoms. The van der Waals surface area contributed by atoms with Crippen LogP contribution in [0.1, 0.15) is 11.1 Å². The lowest BCUT2D eigenvalue weighted by Crippen LogP contribution is -2.23. The topological polar surface area (TPSA) is 12.5 Å². The van der Waals surface area contributed by atoms with E-state index in [1.54, 1.807) is 0 Å². The van der Waals surface area contributed by atoms with Crippen LogP contribution >= 0.6 is 0 Å². The summed E-state index contributed by atoms with van der Waals surface area (Å²) in [7, 11) is 2.12. The Hall–Kier alpha value is -1.80. The quantitative estimate of drug-likeness (QED) is 0.783. The smallest absolute Gasteiger partial charge is 0.119 e. The third-order valence-corrected chi connectivity index (χ3v) is 3.06. The molecule has 0 aliphatic rings. The number of rotatable bonds is 6. The minimum atomic E-state index is 0.715. The van der Waals surface area contributed by atoms with Gasteiger partial charge in [-0.25, -0.2) is 0 Å². The van der Waals surface area contributed by atoms with Gasteiger partial charge in [0.25, 0.3) is 0 Å². The van der Waals surface area contributed by atoms with Gasteiger partial charge in [-0.3, -0.25) is 4.90 Å². The van der Waals surface area contributed by atoms with Crippen LogP contribution in [0.2, 0.25) is 0 Å². The fraction of sp³-hybridized carbons (Fsp3) is 0.294. The highest BCUT2D eigenvalue weighted by atomic mass is 16.5. The number of hydrogen-bond donors (Lipinski definition) is 0. The maximum atomic E-state index is 5.73. The number of likely N-dealkylation sites (N-methyl/N-ethyl adjacent to an activating group) is 1. The van der Waals surface area contributed by atoms with Crippen LogP contribution in [0.4, 0.5) is 0 Å². The van der Waals surface area contributed by atoms with E-state index in [1.165, 1.54) is 11.1 Å². The second-order valence-electron chi connectivity index (χ2n) is 4.88. The minimum absolute atomic E-state index is 0.715. The number of nitrogens with zero attached hydrogens (tertiary/aromatic N) is 1. The Morgan fingerprint density at radius 1 is 0.947 bits per heavy atom. The molecule has 2 aromatic carbocycles. The van der Waals surface area contributed by atoms with Crippen molar-refractivity contribution in [2.75, 3.05) is 20.2 Å². The molecule has 2 rings (SSSR count). The van der Waals surface area contributed by atoms with E-state index in [0.29, 0.717) is 6.61 Å². The van der Waals surface area contributed by atoms with Gasteiger partial charge in [0.2, 0.25) is 0 Å². The average molecular weight is 255 g/mol. The zero-order valence-corrected chi connectivity index (χ0v) is 11.7. The summed E-state index contributed by atoms with van der Waals surface area (Å²) in [5.74, 6) is 0.943. The molecule has 0 radical (unpaired) electrons. The third-order valence-electron chi connectivity index (χ3n) is 3.06. The Bertz CT molecular complexity index is 478. The van der Waals surface area contributed by atoms with E-state index < -0.39 is 0 Å². The maximum absolute atomic E-state index is 5.73. The number of ether oxygens (including phenoxy) is 1. The lowest BCUT2D eigenvalue weighted by Gasteiger charge is -2.17. The highest BCUT2D eigenvalue weighted by molar-refractivity contribution is 5.26. The van der Waals surface area contributed by atoms with Crippen LogP contribution in [-0.4, -0.2) is 25.1 Å². The van der Waals surface area contributed by atoms with Gasteiger partial charge in [0.15, 0.2) is 0 Å². The summed E-state index contributed by atoms with van der Waals surface area (Å²) in [4.78, 5) is 2.27. The second-order valence-corrected chi connectivity index (χ2v) is 4.88. The van der Waals surface area contributed by atoms with Gasteiger partial charge in [-0.1, -0.05) is 48.0 Å². The van der Waals surface area contributed by atoms with Gasteiger partial charge in [-0.05, 0) is 31.7 Å². The largest absolute Gasteiger partial charge is 0.492 e. The van der Waals surface area contributed by atoms with Gasteiger partial charge < -0.3 is 4.74 Å². The second kappa shape index (κ2) is 6.95. The van der Waals surface area contributed by atoms with Crippen LogP contribution in [0.25, 0.3) is 0 Å². The molecule has 2 nitrogen and oxygen atoms in total. The van der Waals surface area contributed by atoms with Crippen molar-refractivity contribution in [1.29, 1.82) is 0 Å². The monoisotopic (exact) mass is 255 g/mol. The zero-order chi connectivity index (χ0) is 13.5. The third kappa shape index (κ3) is 4.76. The molecule has 0 aliphatic heterocycles. The lowest BCUT2D eigenvalue weighted by atomic mass is 10.2. The van der Waals surface area contributed by atoms with E-state index >= 15 is 0 Å². The summed E-state index contributed by atoms with van der Waals surface area (Å²) < 4.78 is 5.73. The molecule has 2 aromatic rings. The molecule has 100 valence electrons. The van der Waals surface area contributed by atoms with Gasteiger partial charge >= 0.3 is 0 Å². The summed E-state index contributed by atoms with van der Waals surface area (Å²) in [5.41, 5.74) is 2.59. The van der Waals surface area contributed by atoms with Crippen LogP contribution in [0.5, 0.6) is 5.75 Å². The average Bonchev–Trinajstić information content (AvgIpc) is 2.42. The van der Waals surface area contributed by atoms with Crippen LogP contribution in [0.15, 0.2) is 54.6 Å². The Morgan fingerprint density at radius 3 is 2.32 bits per heavy atom. The predicted octanol–water partition coefficient (Wildman–Crippen LogP) is 3.51. The van der Waals surface area contributed by atoms with Crippen molar-refractivity contribution in [2.24, 2.45) is 0 Å². The molecule has 0 saturated carbocycles. The number of hydrogen-bond acceptors (Lipinski definition) is 2. The van der Waals surface area contributed by atoms with E-state index in [0.717, 1.165) is 18.8 Å². The lowest BCUT2D eigenvalue weighted by molar-refractivity contribution is 0.233. The van der Waals surface area contributed by atoms with Crippen LogP contribution in [0, 0.1) is 6.92 Å². The maximum Gasteiger partial charge on any atom is 0.119 e. The van der Waals surface area contributed by atoms with Crippen molar-refractivity contribution in [3.05, 3.63) is 65.7 Å². The van der Waals surface area contributed by atoms with Crippen LogP contribution in [0.3, 0.4) is 0 Å². The van der Waals surface area contributed by atoms with E-state index in [9.17, 15) is 0 Å². The van der Waals surface area contributed by atoms with Gasteiger partial charge in [0.05, 0.1) is 0 Å². The van der Waals surface area contributed by atoms with Gasteiger partial charge in [0.1, 0.15) is 12.4 Å². The SMILES string of the molecule is Cc1ccc(OCCN(C)Cc2ccccc2)cc1. The zero-order valence-electron chi connectivity index (χ0n) is 11.7. The minimum Gasteiger partial charge on any atom is -0.492 e. The summed E-state index contributed by atoms with van der Waals surface area (Å²) >= 11 is 0. The molecule has 0 heterocycles. The Kier molecular flexibility index (Phi) is 4.99. The first-order valence-corrected chi connectivity index (χ1v) is 6.66. The number of aryl methyl sites for hydroxylation is 1. The van der Waals surface area contributed by atoms with Gasteiger partial charge in [-0.15, -0.1) is 0 Å². The van der Waals surface area contributed by atoms with Crippen molar-refractivity contribution >= 4 is 0 Å². The molecular formula is C17H21NO. The molecule has 2 heteroatoms. The molecule has 0 unspecified atom stereocenters. The Balaban J connectivity index is 1.72. The fourth-order valence-corrected chi connectivity index (χ4v) is 1.93. The first-order valence-electron chi connectivity index (χ1n) is 6.66. The molecular weight excluding hydrogens is 234 g/mol. The molecule has 0 atom stereocenters. The van der Waals surface area contributed by atoms with E-state index in [-0.39, 0.29) is 0 Å². The van der Waals surface area contributed by atoms with Crippen molar-refractivity contribution < 1.29 is 4.74 Å².